The van der Waals surface area contributed by atoms with Gasteiger partial charge in [-0.3, -0.25) is 4.79 Å². The number of hydrogen-bond donors (Lipinski definition) is 2. The number of halogens is 1. The van der Waals surface area contributed by atoms with Crippen LogP contribution in [0.1, 0.15) is 10.4 Å². The molecule has 0 aliphatic rings. The predicted octanol–water partition coefficient (Wildman–Crippen LogP) is 3.58. The van der Waals surface area contributed by atoms with Gasteiger partial charge in [-0.25, -0.2) is 4.79 Å². The fourth-order valence-electron chi connectivity index (χ4n) is 1.91. The molecule has 25 heavy (non-hydrogen) atoms. The number of anilines is 2. The molecule has 0 radical (unpaired) electrons. The zero-order valence-corrected chi connectivity index (χ0v) is 14.0. The van der Waals surface area contributed by atoms with Crippen LogP contribution in [0.15, 0.2) is 60.3 Å². The molecule has 0 aliphatic heterocycles. The Morgan fingerprint density at radius 1 is 1.20 bits per heavy atom. The first-order chi connectivity index (χ1) is 12.0. The highest BCUT2D eigenvalue weighted by atomic mass is 35.5. The maximum Gasteiger partial charge on any atom is 0.337 e. The number of nitrogens with one attached hydrogen (secondary N) is 2. The molecule has 0 spiro atoms. The van der Waals surface area contributed by atoms with E-state index in [2.05, 4.69) is 15.4 Å². The Morgan fingerprint density at radius 2 is 1.96 bits per heavy atom. The van der Waals surface area contributed by atoms with Crippen LogP contribution in [0.4, 0.5) is 11.4 Å². The Kier molecular flexibility index (Phi) is 6.15. The van der Waals surface area contributed by atoms with E-state index >= 15 is 0 Å². The number of para-hydroxylation sites is 1. The fourth-order valence-corrected chi connectivity index (χ4v) is 2.09. The van der Waals surface area contributed by atoms with Gasteiger partial charge in [-0.15, -0.1) is 0 Å². The maximum absolute atomic E-state index is 12.2. The minimum absolute atomic E-state index is 0.150. The molecule has 1 amide bonds. The highest BCUT2D eigenvalue weighted by molar-refractivity contribution is 6.34. The van der Waals surface area contributed by atoms with Crippen molar-refractivity contribution < 1.29 is 14.3 Å². The van der Waals surface area contributed by atoms with E-state index in [1.54, 1.807) is 48.5 Å². The SMILES string of the molecule is COC(=O)c1cccc(N/C=C(/C#N)C(=O)Nc2ccccc2Cl)c1. The van der Waals surface area contributed by atoms with Crippen molar-refractivity contribution in [1.29, 1.82) is 5.26 Å². The number of carbonyl (C=O) groups excluding carboxylic acids is 2. The largest absolute Gasteiger partial charge is 0.465 e. The molecule has 0 aliphatic carbocycles. The number of ether oxygens (including phenoxy) is 1. The Morgan fingerprint density at radius 3 is 2.64 bits per heavy atom. The molecule has 0 atom stereocenters. The Labute approximate surface area is 149 Å². The number of nitriles is 1. The smallest absolute Gasteiger partial charge is 0.337 e. The molecule has 2 aromatic rings. The third-order valence-corrected chi connectivity index (χ3v) is 3.48. The van der Waals surface area contributed by atoms with Crippen molar-refractivity contribution in [2.45, 2.75) is 0 Å². The standard InChI is InChI=1S/C18H14ClN3O3/c1-25-18(24)12-5-4-6-14(9-12)21-11-13(10-20)17(23)22-16-8-3-2-7-15(16)19/h2-9,11,21H,1H3,(H,22,23)/b13-11-. The molecular weight excluding hydrogens is 342 g/mol. The van der Waals surface area contributed by atoms with Gasteiger partial charge in [0.1, 0.15) is 11.6 Å². The lowest BCUT2D eigenvalue weighted by Crippen LogP contribution is -2.14. The van der Waals surface area contributed by atoms with Gasteiger partial charge in [0, 0.05) is 11.9 Å². The van der Waals surface area contributed by atoms with Crippen LogP contribution in [-0.2, 0) is 9.53 Å². The highest BCUT2D eigenvalue weighted by Gasteiger charge is 2.11. The van der Waals surface area contributed by atoms with Gasteiger partial charge in [-0.05, 0) is 30.3 Å². The molecule has 0 heterocycles. The van der Waals surface area contributed by atoms with Crippen LogP contribution in [0, 0.1) is 11.3 Å². The van der Waals surface area contributed by atoms with E-state index in [4.69, 9.17) is 11.6 Å². The first kappa shape index (κ1) is 18.0. The van der Waals surface area contributed by atoms with Gasteiger partial charge in [0.2, 0.25) is 0 Å². The minimum Gasteiger partial charge on any atom is -0.465 e. The summed E-state index contributed by atoms with van der Waals surface area (Å²) in [6, 6.07) is 15.0. The summed E-state index contributed by atoms with van der Waals surface area (Å²) in [6.07, 6.45) is 1.25. The lowest BCUT2D eigenvalue weighted by Gasteiger charge is -2.07. The van der Waals surface area contributed by atoms with Gasteiger partial charge >= 0.3 is 5.97 Å². The van der Waals surface area contributed by atoms with Crippen LogP contribution in [-0.4, -0.2) is 19.0 Å². The van der Waals surface area contributed by atoms with Crippen molar-refractivity contribution in [3.8, 4) is 6.07 Å². The highest BCUT2D eigenvalue weighted by Crippen LogP contribution is 2.21. The first-order valence-corrected chi connectivity index (χ1v) is 7.54. The molecule has 0 saturated carbocycles. The topological polar surface area (TPSA) is 91.2 Å². The maximum atomic E-state index is 12.2. The molecule has 2 aromatic carbocycles. The van der Waals surface area contributed by atoms with Gasteiger partial charge in [0.15, 0.2) is 0 Å². The van der Waals surface area contributed by atoms with Crippen LogP contribution in [0.5, 0.6) is 0 Å². The number of esters is 1. The molecule has 0 unspecified atom stereocenters. The van der Waals surface area contributed by atoms with E-state index in [0.717, 1.165) is 0 Å². The van der Waals surface area contributed by atoms with Crippen molar-refractivity contribution in [1.82, 2.24) is 0 Å². The summed E-state index contributed by atoms with van der Waals surface area (Å²) >= 11 is 5.97. The molecule has 2 rings (SSSR count). The number of benzene rings is 2. The van der Waals surface area contributed by atoms with E-state index < -0.39 is 11.9 Å². The number of rotatable bonds is 5. The Balaban J connectivity index is 2.13. The van der Waals surface area contributed by atoms with Crippen LogP contribution in [0.3, 0.4) is 0 Å². The van der Waals surface area contributed by atoms with E-state index in [1.807, 2.05) is 6.07 Å². The van der Waals surface area contributed by atoms with Crippen molar-refractivity contribution in [3.63, 3.8) is 0 Å². The van der Waals surface area contributed by atoms with E-state index in [-0.39, 0.29) is 5.57 Å². The molecule has 0 saturated heterocycles. The van der Waals surface area contributed by atoms with E-state index in [1.165, 1.54) is 13.3 Å². The molecule has 0 bridgehead atoms. The van der Waals surface area contributed by atoms with Crippen molar-refractivity contribution in [2.24, 2.45) is 0 Å². The van der Waals surface area contributed by atoms with Crippen molar-refractivity contribution in [3.05, 3.63) is 70.9 Å². The number of nitrogens with zero attached hydrogens (tertiary/aromatic N) is 1. The minimum atomic E-state index is -0.604. The summed E-state index contributed by atoms with van der Waals surface area (Å²) in [5.74, 6) is -1.09. The zero-order chi connectivity index (χ0) is 18.2. The quantitative estimate of drug-likeness (QED) is 0.486. The van der Waals surface area contributed by atoms with Crippen molar-refractivity contribution in [2.75, 3.05) is 17.7 Å². The van der Waals surface area contributed by atoms with Crippen LogP contribution < -0.4 is 10.6 Å². The second-order valence-corrected chi connectivity index (χ2v) is 5.23. The monoisotopic (exact) mass is 355 g/mol. The number of hydrogen-bond acceptors (Lipinski definition) is 5. The molecule has 0 aromatic heterocycles. The summed E-state index contributed by atoms with van der Waals surface area (Å²) < 4.78 is 4.64. The number of amides is 1. The molecule has 7 heteroatoms. The average Bonchev–Trinajstić information content (AvgIpc) is 2.63. The van der Waals surface area contributed by atoms with E-state index in [0.29, 0.717) is 22.0 Å². The van der Waals surface area contributed by atoms with Crippen LogP contribution in [0.2, 0.25) is 5.02 Å². The van der Waals surface area contributed by atoms with Gasteiger partial charge in [0.05, 0.1) is 23.4 Å². The van der Waals surface area contributed by atoms with Gasteiger partial charge in [0.25, 0.3) is 5.91 Å². The zero-order valence-electron chi connectivity index (χ0n) is 13.2. The Bertz CT molecular complexity index is 872. The molecule has 0 fully saturated rings. The van der Waals surface area contributed by atoms with Crippen LogP contribution >= 0.6 is 11.6 Å². The lowest BCUT2D eigenvalue weighted by molar-refractivity contribution is -0.112. The molecule has 2 N–H and O–H groups in total. The summed E-state index contributed by atoms with van der Waals surface area (Å²) in [5, 5.41) is 14.9. The molecule has 126 valence electrons. The summed E-state index contributed by atoms with van der Waals surface area (Å²) in [6.45, 7) is 0. The summed E-state index contributed by atoms with van der Waals surface area (Å²) in [7, 11) is 1.29. The third kappa shape index (κ3) is 4.83. The Hall–Kier alpha value is -3.30. The third-order valence-electron chi connectivity index (χ3n) is 3.15. The summed E-state index contributed by atoms with van der Waals surface area (Å²) in [4.78, 5) is 23.7. The first-order valence-electron chi connectivity index (χ1n) is 7.16. The average molecular weight is 356 g/mol. The van der Waals surface area contributed by atoms with Crippen molar-refractivity contribution >= 4 is 34.9 Å². The van der Waals surface area contributed by atoms with Gasteiger partial charge in [-0.2, -0.15) is 5.26 Å². The second-order valence-electron chi connectivity index (χ2n) is 4.82. The molecule has 6 nitrogen and oxygen atoms in total. The van der Waals surface area contributed by atoms with E-state index in [9.17, 15) is 14.9 Å². The lowest BCUT2D eigenvalue weighted by atomic mass is 10.2. The number of methoxy groups -OCH3 is 1. The normalized spacial score (nSPS) is 10.5. The van der Waals surface area contributed by atoms with Gasteiger partial charge < -0.3 is 15.4 Å². The van der Waals surface area contributed by atoms with Gasteiger partial charge in [-0.1, -0.05) is 29.8 Å². The predicted molar refractivity (Wildman–Crippen MR) is 95.2 cm³/mol. The fraction of sp³-hybridized carbons (Fsp3) is 0.0556. The number of carbonyl (C=O) groups is 2. The summed E-state index contributed by atoms with van der Waals surface area (Å²) in [5.41, 5.74) is 1.13. The second kappa shape index (κ2) is 8.52. The molecular formula is C18H14ClN3O3. The van der Waals surface area contributed by atoms with Crippen LogP contribution in [0.25, 0.3) is 0 Å².